The monoisotopic (exact) mass is 337 g/mol. The van der Waals surface area contributed by atoms with Gasteiger partial charge < -0.3 is 11.1 Å². The van der Waals surface area contributed by atoms with Crippen LogP contribution in [0.4, 0.5) is 11.6 Å². The van der Waals surface area contributed by atoms with E-state index in [9.17, 15) is 9.59 Å². The summed E-state index contributed by atoms with van der Waals surface area (Å²) in [5.74, 6) is -0.0939. The standard InChI is InChI=1S/C18H19N5O2/c1-2-3-10-23-15(24)9-6-13-11-20-18(22-17(13)23)21-14-7-4-12(5-8-14)16(19)25/h4-9,11H,2-3,10H2,1H3,(H2,19,25)(H,20,21,22). The lowest BCUT2D eigenvalue weighted by Crippen LogP contribution is -2.20. The first-order valence-electron chi connectivity index (χ1n) is 8.12. The summed E-state index contributed by atoms with van der Waals surface area (Å²) in [6.45, 7) is 2.70. The molecular weight excluding hydrogens is 318 g/mol. The van der Waals surface area contributed by atoms with E-state index < -0.39 is 5.91 Å². The van der Waals surface area contributed by atoms with Gasteiger partial charge in [-0.25, -0.2) is 4.98 Å². The summed E-state index contributed by atoms with van der Waals surface area (Å²) in [5, 5.41) is 3.89. The molecule has 0 spiro atoms. The molecule has 0 saturated carbocycles. The zero-order chi connectivity index (χ0) is 17.8. The summed E-state index contributed by atoms with van der Waals surface area (Å²) in [6, 6.07) is 9.97. The lowest BCUT2D eigenvalue weighted by atomic mass is 10.2. The van der Waals surface area contributed by atoms with E-state index in [-0.39, 0.29) is 5.56 Å². The number of amides is 1. The fraction of sp³-hybridized carbons (Fsp3) is 0.222. The van der Waals surface area contributed by atoms with Crippen LogP contribution in [0, 0.1) is 0 Å². The average Bonchev–Trinajstić information content (AvgIpc) is 2.61. The fourth-order valence-corrected chi connectivity index (χ4v) is 2.51. The van der Waals surface area contributed by atoms with Crippen LogP contribution in [-0.4, -0.2) is 20.4 Å². The topological polar surface area (TPSA) is 103 Å². The molecule has 1 amide bonds. The van der Waals surface area contributed by atoms with Crippen molar-refractivity contribution in [1.82, 2.24) is 14.5 Å². The number of aromatic nitrogens is 3. The zero-order valence-electron chi connectivity index (χ0n) is 13.9. The van der Waals surface area contributed by atoms with Gasteiger partial charge in [0.05, 0.1) is 0 Å². The lowest BCUT2D eigenvalue weighted by Gasteiger charge is -2.10. The number of rotatable bonds is 6. The number of carbonyl (C=O) groups excluding carboxylic acids is 1. The number of primary amides is 1. The maximum Gasteiger partial charge on any atom is 0.252 e. The Hall–Kier alpha value is -3.22. The summed E-state index contributed by atoms with van der Waals surface area (Å²) in [6.07, 6.45) is 3.58. The highest BCUT2D eigenvalue weighted by Gasteiger charge is 2.07. The number of nitrogens with one attached hydrogen (secondary N) is 1. The average molecular weight is 337 g/mol. The second kappa shape index (κ2) is 7.12. The Bertz CT molecular complexity index is 963. The lowest BCUT2D eigenvalue weighted by molar-refractivity contribution is 0.100. The van der Waals surface area contributed by atoms with Gasteiger partial charge in [-0.15, -0.1) is 0 Å². The van der Waals surface area contributed by atoms with Crippen molar-refractivity contribution in [2.24, 2.45) is 5.73 Å². The minimum atomic E-state index is -0.478. The molecule has 25 heavy (non-hydrogen) atoms. The Morgan fingerprint density at radius 1 is 1.20 bits per heavy atom. The van der Waals surface area contributed by atoms with Crippen LogP contribution in [0.5, 0.6) is 0 Å². The van der Waals surface area contributed by atoms with Gasteiger partial charge >= 0.3 is 0 Å². The van der Waals surface area contributed by atoms with Crippen LogP contribution < -0.4 is 16.6 Å². The quantitative estimate of drug-likeness (QED) is 0.719. The Balaban J connectivity index is 1.94. The molecule has 2 aromatic heterocycles. The van der Waals surface area contributed by atoms with E-state index in [0.717, 1.165) is 23.9 Å². The molecule has 0 radical (unpaired) electrons. The maximum absolute atomic E-state index is 12.1. The molecule has 7 nitrogen and oxygen atoms in total. The van der Waals surface area contributed by atoms with Crippen molar-refractivity contribution in [3.05, 3.63) is 58.5 Å². The second-order valence-electron chi connectivity index (χ2n) is 5.72. The zero-order valence-corrected chi connectivity index (χ0v) is 13.9. The first-order chi connectivity index (χ1) is 12.1. The summed E-state index contributed by atoms with van der Waals surface area (Å²) < 4.78 is 1.67. The van der Waals surface area contributed by atoms with Gasteiger partial charge in [0.1, 0.15) is 5.65 Å². The predicted octanol–water partition coefficient (Wildman–Crippen LogP) is 2.43. The number of fused-ring (bicyclic) bond motifs is 1. The highest BCUT2D eigenvalue weighted by Crippen LogP contribution is 2.16. The third-order valence-electron chi connectivity index (χ3n) is 3.88. The molecule has 3 N–H and O–H groups in total. The molecule has 0 aliphatic heterocycles. The highest BCUT2D eigenvalue weighted by atomic mass is 16.1. The molecule has 7 heteroatoms. The maximum atomic E-state index is 12.1. The van der Waals surface area contributed by atoms with Gasteiger partial charge in [-0.2, -0.15) is 4.98 Å². The van der Waals surface area contributed by atoms with Crippen molar-refractivity contribution in [2.45, 2.75) is 26.3 Å². The molecular formula is C18H19N5O2. The van der Waals surface area contributed by atoms with Gasteiger partial charge in [0.2, 0.25) is 11.9 Å². The number of hydrogen-bond acceptors (Lipinski definition) is 5. The number of unbranched alkanes of at least 4 members (excludes halogenated alkanes) is 1. The van der Waals surface area contributed by atoms with E-state index in [0.29, 0.717) is 23.7 Å². The van der Waals surface area contributed by atoms with Crippen LogP contribution in [0.25, 0.3) is 11.0 Å². The van der Waals surface area contributed by atoms with Gasteiger partial charge in [-0.3, -0.25) is 14.2 Å². The number of pyridine rings is 1. The largest absolute Gasteiger partial charge is 0.366 e. The number of hydrogen-bond donors (Lipinski definition) is 2. The van der Waals surface area contributed by atoms with Gasteiger partial charge in [0.15, 0.2) is 0 Å². The van der Waals surface area contributed by atoms with E-state index in [1.54, 1.807) is 41.1 Å². The number of aryl methyl sites for hydroxylation is 1. The predicted molar refractivity (Wildman–Crippen MR) is 96.9 cm³/mol. The third-order valence-corrected chi connectivity index (χ3v) is 3.88. The van der Waals surface area contributed by atoms with Gasteiger partial charge in [-0.1, -0.05) is 13.3 Å². The Morgan fingerprint density at radius 2 is 1.96 bits per heavy atom. The number of benzene rings is 1. The van der Waals surface area contributed by atoms with E-state index in [2.05, 4.69) is 22.2 Å². The molecule has 0 unspecified atom stereocenters. The van der Waals surface area contributed by atoms with Crippen molar-refractivity contribution in [1.29, 1.82) is 0 Å². The highest BCUT2D eigenvalue weighted by molar-refractivity contribution is 5.93. The van der Waals surface area contributed by atoms with Gasteiger partial charge in [0, 0.05) is 35.4 Å². The summed E-state index contributed by atoms with van der Waals surface area (Å²) in [7, 11) is 0. The fourth-order valence-electron chi connectivity index (χ4n) is 2.51. The van der Waals surface area contributed by atoms with Crippen LogP contribution in [0.1, 0.15) is 30.1 Å². The third kappa shape index (κ3) is 3.65. The minimum absolute atomic E-state index is 0.0728. The van der Waals surface area contributed by atoms with E-state index in [4.69, 9.17) is 5.73 Å². The summed E-state index contributed by atoms with van der Waals surface area (Å²) >= 11 is 0. The number of nitrogens with zero attached hydrogens (tertiary/aromatic N) is 3. The van der Waals surface area contributed by atoms with Crippen molar-refractivity contribution >= 4 is 28.6 Å². The molecule has 0 bridgehead atoms. The molecule has 0 fully saturated rings. The summed E-state index contributed by atoms with van der Waals surface area (Å²) in [5.41, 5.74) is 6.92. The van der Waals surface area contributed by atoms with Crippen molar-refractivity contribution in [3.8, 4) is 0 Å². The van der Waals surface area contributed by atoms with Crippen molar-refractivity contribution < 1.29 is 4.79 Å². The molecule has 0 aliphatic carbocycles. The first-order valence-corrected chi connectivity index (χ1v) is 8.12. The van der Waals surface area contributed by atoms with E-state index in [1.807, 2.05) is 0 Å². The summed E-state index contributed by atoms with van der Waals surface area (Å²) in [4.78, 5) is 32.0. The molecule has 3 rings (SSSR count). The van der Waals surface area contributed by atoms with Crippen molar-refractivity contribution in [3.63, 3.8) is 0 Å². The van der Waals surface area contributed by atoms with Crippen molar-refractivity contribution in [2.75, 3.05) is 5.32 Å². The molecule has 0 saturated heterocycles. The Kier molecular flexibility index (Phi) is 4.74. The number of nitrogens with two attached hydrogens (primary N) is 1. The SMILES string of the molecule is CCCCn1c(=O)ccc2cnc(Nc3ccc(C(N)=O)cc3)nc21. The normalized spacial score (nSPS) is 10.8. The number of carbonyl (C=O) groups is 1. The molecule has 0 aliphatic rings. The molecule has 0 atom stereocenters. The van der Waals surface area contributed by atoms with Gasteiger partial charge in [0.25, 0.3) is 5.56 Å². The van der Waals surface area contributed by atoms with Crippen LogP contribution in [0.15, 0.2) is 47.4 Å². The van der Waals surface area contributed by atoms with E-state index >= 15 is 0 Å². The Labute approximate surface area is 144 Å². The smallest absolute Gasteiger partial charge is 0.252 e. The second-order valence-corrected chi connectivity index (χ2v) is 5.72. The first kappa shape index (κ1) is 16.6. The number of anilines is 2. The molecule has 2 heterocycles. The Morgan fingerprint density at radius 3 is 2.64 bits per heavy atom. The van der Waals surface area contributed by atoms with Crippen LogP contribution in [0.3, 0.4) is 0 Å². The van der Waals surface area contributed by atoms with Crippen LogP contribution >= 0.6 is 0 Å². The van der Waals surface area contributed by atoms with Gasteiger partial charge in [-0.05, 0) is 36.8 Å². The minimum Gasteiger partial charge on any atom is -0.366 e. The van der Waals surface area contributed by atoms with E-state index in [1.165, 1.54) is 6.07 Å². The molecule has 3 aromatic rings. The van der Waals surface area contributed by atoms with Crippen LogP contribution in [0.2, 0.25) is 0 Å². The van der Waals surface area contributed by atoms with Crippen LogP contribution in [-0.2, 0) is 6.54 Å². The molecule has 1 aromatic carbocycles. The molecule has 128 valence electrons.